The Balaban J connectivity index is 1.35. The van der Waals surface area contributed by atoms with Gasteiger partial charge in [0.1, 0.15) is 42.0 Å². The number of carbonyl (C=O) groups is 2. The topological polar surface area (TPSA) is 199 Å². The van der Waals surface area contributed by atoms with E-state index in [-0.39, 0.29) is 56.6 Å². The smallest absolute Gasteiger partial charge is 0.311 e. The number of ether oxygens (including phenoxy) is 6. The maximum atomic E-state index is 14.5. The molecule has 1 aromatic heterocycles. The van der Waals surface area contributed by atoms with E-state index in [9.17, 15) is 14.7 Å². The van der Waals surface area contributed by atoms with Crippen molar-refractivity contribution in [3.05, 3.63) is 35.2 Å². The van der Waals surface area contributed by atoms with Gasteiger partial charge in [0.15, 0.2) is 11.9 Å². The largest absolute Gasteiger partial charge is 0.458 e. The molecule has 0 aliphatic carbocycles. The Labute approximate surface area is 344 Å². The van der Waals surface area contributed by atoms with E-state index in [0.29, 0.717) is 18.6 Å². The molecule has 16 nitrogen and oxygen atoms in total. The fourth-order valence-electron chi connectivity index (χ4n) is 8.74. The van der Waals surface area contributed by atoms with Crippen molar-refractivity contribution < 1.29 is 48.0 Å². The Kier molecular flexibility index (Phi) is 13.9. The summed E-state index contributed by atoms with van der Waals surface area (Å²) in [4.78, 5) is 41.1. The molecule has 3 unspecified atom stereocenters. The molecule has 5 heterocycles. The number of esters is 1. The molecule has 0 radical (unpaired) electrons. The van der Waals surface area contributed by atoms with E-state index >= 15 is 0 Å². The number of aliphatic hydroxyl groups is 1. The third-order valence-corrected chi connectivity index (χ3v) is 12.8. The van der Waals surface area contributed by atoms with Gasteiger partial charge in [-0.25, -0.2) is 4.99 Å². The maximum Gasteiger partial charge on any atom is 0.311 e. The molecule has 320 valence electrons. The first-order chi connectivity index (χ1) is 27.5. The Morgan fingerprint density at radius 1 is 1.07 bits per heavy atom. The lowest BCUT2D eigenvalue weighted by atomic mass is 9.75. The Morgan fingerprint density at radius 2 is 1.81 bits per heavy atom. The molecule has 0 amide bonds. The van der Waals surface area contributed by atoms with Crippen molar-refractivity contribution in [2.75, 3.05) is 27.3 Å². The molecule has 3 fully saturated rings. The van der Waals surface area contributed by atoms with Crippen molar-refractivity contribution in [1.29, 1.82) is 0 Å². The molecular weight excluding hydrogens is 769 g/mol. The van der Waals surface area contributed by atoms with E-state index in [2.05, 4.69) is 19.7 Å². The van der Waals surface area contributed by atoms with Crippen LogP contribution in [-0.4, -0.2) is 130 Å². The second-order valence-corrected chi connectivity index (χ2v) is 17.5. The van der Waals surface area contributed by atoms with Gasteiger partial charge in [0, 0.05) is 35.2 Å². The van der Waals surface area contributed by atoms with Crippen LogP contribution < -0.4 is 5.73 Å². The van der Waals surface area contributed by atoms with E-state index in [4.69, 9.17) is 39.0 Å². The molecule has 17 heteroatoms. The van der Waals surface area contributed by atoms with Crippen LogP contribution in [-0.2, 0) is 49.5 Å². The molecule has 3 N–H and O–H groups in total. The minimum absolute atomic E-state index is 0.0286. The summed E-state index contributed by atoms with van der Waals surface area (Å²) in [7, 11) is 3.82. The minimum Gasteiger partial charge on any atom is -0.458 e. The number of likely N-dealkylation sites (N-methyl/N-ethyl adjacent to an activating group) is 1. The fourth-order valence-corrected chi connectivity index (χ4v) is 9.21. The molecule has 1 aromatic carbocycles. The third-order valence-electron chi connectivity index (χ3n) is 12.3. The number of fused-ring (bicyclic) bond motifs is 4. The van der Waals surface area contributed by atoms with Crippen LogP contribution in [0, 0.1) is 17.8 Å². The van der Waals surface area contributed by atoms with Crippen LogP contribution in [0.1, 0.15) is 79.7 Å². The van der Waals surface area contributed by atoms with Gasteiger partial charge in [-0.2, -0.15) is 0 Å². The van der Waals surface area contributed by atoms with Crippen LogP contribution in [0.4, 0.5) is 0 Å². The number of amidine groups is 1. The van der Waals surface area contributed by atoms with Crippen molar-refractivity contribution in [2.24, 2.45) is 33.6 Å². The van der Waals surface area contributed by atoms with Crippen LogP contribution in [0.2, 0.25) is 0 Å². The van der Waals surface area contributed by atoms with Crippen LogP contribution >= 0.6 is 11.5 Å². The highest BCUT2D eigenvalue weighted by molar-refractivity contribution is 7.03. The fraction of sp³-hybridized carbons (Fsp3) is 0.707. The second-order valence-electron chi connectivity index (χ2n) is 16.9. The highest BCUT2D eigenvalue weighted by Crippen LogP contribution is 2.41. The van der Waals surface area contributed by atoms with Gasteiger partial charge in [0.25, 0.3) is 6.02 Å². The zero-order valence-corrected chi connectivity index (χ0v) is 35.8. The van der Waals surface area contributed by atoms with Gasteiger partial charge in [-0.05, 0) is 78.1 Å². The van der Waals surface area contributed by atoms with Gasteiger partial charge in [-0.3, -0.25) is 9.59 Å². The number of nitrogens with zero attached hydrogens (tertiary/aromatic N) is 5. The molecule has 2 aromatic rings. The second kappa shape index (κ2) is 18.4. The zero-order chi connectivity index (χ0) is 41.9. The Morgan fingerprint density at radius 3 is 2.48 bits per heavy atom. The molecule has 13 atom stereocenters. The summed E-state index contributed by atoms with van der Waals surface area (Å²) < 4.78 is 42.8. The number of aromatic nitrogens is 2. The van der Waals surface area contributed by atoms with Crippen molar-refractivity contribution in [3.63, 3.8) is 0 Å². The van der Waals surface area contributed by atoms with Crippen LogP contribution in [0.5, 0.6) is 0 Å². The SMILES string of the molecule is CC[C@H]1OC(=O)[C@H](C)[C@H]2C[C@@H](OC3O[C@H](C)C[C@H](N(C)C)[C@H]3O)[C@](C)(C[C@@H](C)C(=O)[C@H](C)C3N=C(N)OC31C)OC/C(=N/OCc1ccc(-c3csnn3)cc1)CO2. The number of rotatable bonds is 8. The molecule has 6 rings (SSSR count). The highest BCUT2D eigenvalue weighted by Gasteiger charge is 2.55. The Bertz CT molecular complexity index is 1780. The number of benzene rings is 1. The van der Waals surface area contributed by atoms with E-state index in [1.54, 1.807) is 20.8 Å². The molecule has 4 aliphatic heterocycles. The number of hydrogen-bond donors (Lipinski definition) is 2. The lowest BCUT2D eigenvalue weighted by Gasteiger charge is -2.46. The number of oxime groups is 1. The number of ketones is 1. The average molecular weight is 829 g/mol. The van der Waals surface area contributed by atoms with Crippen molar-refractivity contribution in [2.45, 2.75) is 141 Å². The molecular formula is C41H60N6O10S. The molecule has 0 spiro atoms. The standard InChI is InChI=1S/C41H60N6O10S/c1-10-32-41(7)36(43-39(42)57-41)25(5)34(48)22(2)17-40(6)33(56-38-35(49)30(47(8)9)15-23(3)54-38)16-31(24(4)37(50)55-32)51-19-28(20-52-40)45-53-18-26-11-13-27(14-12-26)29-21-58-46-44-29/h11-14,21-25,30-33,35-36,38,49H,10,15-20H2,1-9H3,(H2,42,43)/b45-28+/t22-,23-,24-,25+,30+,31-,32-,33-,35-,36?,38?,40+,41?/m1/s1. The van der Waals surface area contributed by atoms with Gasteiger partial charge >= 0.3 is 5.97 Å². The summed E-state index contributed by atoms with van der Waals surface area (Å²) in [6, 6.07) is 6.76. The number of carbonyl (C=O) groups excluding carboxylic acids is 2. The van der Waals surface area contributed by atoms with Crippen molar-refractivity contribution in [3.8, 4) is 11.3 Å². The highest BCUT2D eigenvalue weighted by atomic mass is 32.1. The molecule has 0 saturated carbocycles. The van der Waals surface area contributed by atoms with Crippen molar-refractivity contribution >= 4 is 35.0 Å². The Hall–Kier alpha value is -3.58. The molecule has 3 saturated heterocycles. The predicted molar refractivity (Wildman–Crippen MR) is 216 cm³/mol. The van der Waals surface area contributed by atoms with Crippen molar-refractivity contribution in [1.82, 2.24) is 14.5 Å². The van der Waals surface area contributed by atoms with Crippen LogP contribution in [0.25, 0.3) is 11.3 Å². The number of nitrogens with two attached hydrogens (primary N) is 1. The quantitative estimate of drug-likeness (QED) is 0.285. The van der Waals surface area contributed by atoms with E-state index < -0.39 is 71.7 Å². The van der Waals surface area contributed by atoms with Gasteiger partial charge in [0.05, 0.1) is 43.0 Å². The monoisotopic (exact) mass is 828 g/mol. The van der Waals surface area contributed by atoms with E-state index in [1.807, 2.05) is 76.3 Å². The maximum absolute atomic E-state index is 14.5. The summed E-state index contributed by atoms with van der Waals surface area (Å²) in [5.41, 5.74) is 6.82. The number of Topliss-reactive ketones (excluding diaryl/α,β-unsaturated/α-hetero) is 1. The average Bonchev–Trinajstić information content (AvgIpc) is 3.85. The summed E-state index contributed by atoms with van der Waals surface area (Å²) in [6.45, 7) is 13.0. The third kappa shape index (κ3) is 9.56. The minimum atomic E-state index is -1.20. The van der Waals surface area contributed by atoms with E-state index in [1.165, 1.54) is 11.5 Å². The summed E-state index contributed by atoms with van der Waals surface area (Å²) in [5, 5.41) is 22.1. The van der Waals surface area contributed by atoms with Gasteiger partial charge < -0.3 is 49.0 Å². The number of hydrogen-bond acceptors (Lipinski definition) is 17. The van der Waals surface area contributed by atoms with Crippen LogP contribution in [0.15, 0.2) is 39.8 Å². The summed E-state index contributed by atoms with van der Waals surface area (Å²) in [5.74, 6) is -2.67. The normalized spacial score (nSPS) is 38.5. The lowest BCUT2D eigenvalue weighted by Crippen LogP contribution is -2.58. The van der Waals surface area contributed by atoms with E-state index in [0.717, 1.165) is 16.8 Å². The number of aliphatic imine (C=N–C) groups is 1. The number of cyclic esters (lactones) is 1. The number of aliphatic hydroxyl groups excluding tert-OH is 1. The molecule has 4 aliphatic rings. The first-order valence-corrected chi connectivity index (χ1v) is 21.1. The predicted octanol–water partition coefficient (Wildman–Crippen LogP) is 4.13. The first kappa shape index (κ1) is 44.0. The first-order valence-electron chi connectivity index (χ1n) is 20.2. The van der Waals surface area contributed by atoms with Gasteiger partial charge in [0.2, 0.25) is 0 Å². The summed E-state index contributed by atoms with van der Waals surface area (Å²) >= 11 is 1.29. The summed E-state index contributed by atoms with van der Waals surface area (Å²) in [6.07, 6.45) is -3.34. The zero-order valence-electron chi connectivity index (χ0n) is 35.0. The molecule has 2 bridgehead atoms. The van der Waals surface area contributed by atoms with Crippen LogP contribution in [0.3, 0.4) is 0 Å². The molecule has 58 heavy (non-hydrogen) atoms. The van der Waals surface area contributed by atoms with Gasteiger partial charge in [-0.1, -0.05) is 54.7 Å². The van der Waals surface area contributed by atoms with Gasteiger partial charge in [-0.15, -0.1) is 5.10 Å². The lowest BCUT2D eigenvalue weighted by molar-refractivity contribution is -0.294.